The molecule has 1 aromatic carbocycles. The number of benzene rings is 1. The van der Waals surface area contributed by atoms with Crippen molar-refractivity contribution in [2.24, 2.45) is 5.92 Å². The molecule has 37 heavy (non-hydrogen) atoms. The molecule has 0 bridgehead atoms. The Labute approximate surface area is 222 Å². The SMILES string of the molecule is CS(=O)(=O)NCc1nc(NC(=O)CC(=O)Nc2ccccc2C(=O)C2CCCC2)sc1Sc1ncc[nH]1. The van der Waals surface area contributed by atoms with E-state index in [-0.39, 0.29) is 23.4 Å². The van der Waals surface area contributed by atoms with Gasteiger partial charge in [-0.1, -0.05) is 36.3 Å². The molecule has 0 spiro atoms. The number of aromatic amines is 1. The van der Waals surface area contributed by atoms with Crippen LogP contribution in [0.2, 0.25) is 0 Å². The summed E-state index contributed by atoms with van der Waals surface area (Å²) in [5.41, 5.74) is 1.25. The minimum Gasteiger partial charge on any atom is -0.339 e. The van der Waals surface area contributed by atoms with Gasteiger partial charge in [-0.2, -0.15) is 0 Å². The molecule has 1 aliphatic rings. The van der Waals surface area contributed by atoms with Gasteiger partial charge in [0.05, 0.1) is 28.4 Å². The van der Waals surface area contributed by atoms with Crippen molar-refractivity contribution in [3.05, 3.63) is 47.9 Å². The number of aromatic nitrogens is 3. The van der Waals surface area contributed by atoms with Crippen LogP contribution >= 0.6 is 23.1 Å². The molecule has 0 atom stereocenters. The zero-order chi connectivity index (χ0) is 26.4. The normalized spacial score (nSPS) is 14.0. The number of rotatable bonds is 11. The van der Waals surface area contributed by atoms with E-state index in [1.165, 1.54) is 11.8 Å². The van der Waals surface area contributed by atoms with Gasteiger partial charge in [-0.25, -0.2) is 23.1 Å². The van der Waals surface area contributed by atoms with Gasteiger partial charge in [0.2, 0.25) is 21.8 Å². The van der Waals surface area contributed by atoms with Crippen molar-refractivity contribution in [1.82, 2.24) is 19.7 Å². The Morgan fingerprint density at radius 3 is 2.57 bits per heavy atom. The largest absolute Gasteiger partial charge is 0.339 e. The number of para-hydroxylation sites is 1. The fourth-order valence-corrected chi connectivity index (χ4v) is 6.32. The summed E-state index contributed by atoms with van der Waals surface area (Å²) in [6, 6.07) is 6.82. The lowest BCUT2D eigenvalue weighted by Crippen LogP contribution is -2.23. The molecule has 4 N–H and O–H groups in total. The molecule has 1 saturated carbocycles. The van der Waals surface area contributed by atoms with Crippen LogP contribution in [0, 0.1) is 5.92 Å². The lowest BCUT2D eigenvalue weighted by molar-refractivity contribution is -0.123. The molecule has 1 aliphatic carbocycles. The monoisotopic (exact) mass is 562 g/mol. The Kier molecular flexibility index (Phi) is 8.74. The quantitative estimate of drug-likeness (QED) is 0.204. The number of carbonyl (C=O) groups excluding carboxylic acids is 3. The van der Waals surface area contributed by atoms with Crippen LogP contribution in [0.25, 0.3) is 0 Å². The first-order valence-electron chi connectivity index (χ1n) is 11.5. The molecule has 0 aliphatic heterocycles. The highest BCUT2D eigenvalue weighted by atomic mass is 32.2. The molecule has 2 aromatic heterocycles. The number of nitrogens with zero attached hydrogens (tertiary/aromatic N) is 2. The number of sulfonamides is 1. The number of ketones is 1. The summed E-state index contributed by atoms with van der Waals surface area (Å²) in [7, 11) is -3.46. The summed E-state index contributed by atoms with van der Waals surface area (Å²) >= 11 is 2.38. The average molecular weight is 563 g/mol. The maximum Gasteiger partial charge on any atom is 0.235 e. The minimum atomic E-state index is -3.46. The van der Waals surface area contributed by atoms with Crippen molar-refractivity contribution >= 4 is 61.5 Å². The van der Waals surface area contributed by atoms with Crippen LogP contribution in [-0.2, 0) is 26.2 Å². The molecule has 4 rings (SSSR count). The molecular formula is C23H26N6O5S3. The standard InChI is InChI=1S/C23H26N6O5S3/c1-37(33,34)26-13-17-21(35-22-24-10-11-25-22)36-23(28-17)29-19(31)12-18(30)27-16-9-5-4-8-15(16)20(32)14-6-2-3-7-14/h4-5,8-11,14,26H,2-3,6-7,12-13H2,1H3,(H,24,25)(H,27,30)(H,28,29,31). The van der Waals surface area contributed by atoms with Gasteiger partial charge in [-0.15, -0.1) is 0 Å². The van der Waals surface area contributed by atoms with E-state index in [2.05, 4.69) is 30.3 Å². The second-order valence-corrected chi connectivity index (χ2v) is 12.6. The highest BCUT2D eigenvalue weighted by Gasteiger charge is 2.26. The summed E-state index contributed by atoms with van der Waals surface area (Å²) in [6.45, 7) is -0.0689. The van der Waals surface area contributed by atoms with Crippen LogP contribution in [0.1, 0.15) is 48.2 Å². The molecule has 196 valence electrons. The van der Waals surface area contributed by atoms with E-state index in [0.717, 1.165) is 43.3 Å². The highest BCUT2D eigenvalue weighted by Crippen LogP contribution is 2.36. The summed E-state index contributed by atoms with van der Waals surface area (Å²) in [6.07, 6.45) is 7.53. The van der Waals surface area contributed by atoms with Gasteiger partial charge in [0, 0.05) is 23.9 Å². The maximum atomic E-state index is 12.9. The Morgan fingerprint density at radius 2 is 1.86 bits per heavy atom. The smallest absolute Gasteiger partial charge is 0.235 e. The number of nitrogens with one attached hydrogen (secondary N) is 4. The number of hydrogen-bond acceptors (Lipinski definition) is 9. The molecule has 11 nitrogen and oxygen atoms in total. The molecule has 0 saturated heterocycles. The van der Waals surface area contributed by atoms with Crippen molar-refractivity contribution in [3.8, 4) is 0 Å². The average Bonchev–Trinajstić information content (AvgIpc) is 3.60. The lowest BCUT2D eigenvalue weighted by atomic mass is 9.95. The van der Waals surface area contributed by atoms with Crippen molar-refractivity contribution in [2.75, 3.05) is 16.9 Å². The number of anilines is 2. The summed E-state index contributed by atoms with van der Waals surface area (Å²) in [5, 5.41) is 6.07. The molecular weight excluding hydrogens is 536 g/mol. The van der Waals surface area contributed by atoms with E-state index in [1.807, 2.05) is 0 Å². The predicted molar refractivity (Wildman–Crippen MR) is 141 cm³/mol. The van der Waals surface area contributed by atoms with Crippen molar-refractivity contribution in [1.29, 1.82) is 0 Å². The Hall–Kier alpha value is -3.07. The zero-order valence-corrected chi connectivity index (χ0v) is 22.4. The molecule has 2 amide bonds. The predicted octanol–water partition coefficient (Wildman–Crippen LogP) is 3.41. The van der Waals surface area contributed by atoms with Crippen LogP contribution in [0.5, 0.6) is 0 Å². The first-order chi connectivity index (χ1) is 17.7. The van der Waals surface area contributed by atoms with E-state index >= 15 is 0 Å². The second-order valence-electron chi connectivity index (χ2n) is 8.51. The van der Waals surface area contributed by atoms with Crippen LogP contribution < -0.4 is 15.4 Å². The van der Waals surface area contributed by atoms with Crippen LogP contribution in [0.3, 0.4) is 0 Å². The fourth-order valence-electron chi connectivity index (χ4n) is 3.90. The van der Waals surface area contributed by atoms with Gasteiger partial charge < -0.3 is 15.6 Å². The minimum absolute atomic E-state index is 0.0115. The highest BCUT2D eigenvalue weighted by molar-refractivity contribution is 8.01. The number of thiazole rings is 1. The zero-order valence-electron chi connectivity index (χ0n) is 19.9. The maximum absolute atomic E-state index is 12.9. The number of hydrogen-bond donors (Lipinski definition) is 4. The van der Waals surface area contributed by atoms with Crippen molar-refractivity contribution in [2.45, 2.75) is 48.0 Å². The Bertz CT molecular complexity index is 1380. The lowest BCUT2D eigenvalue weighted by Gasteiger charge is -2.13. The third-order valence-electron chi connectivity index (χ3n) is 5.59. The van der Waals surface area contributed by atoms with E-state index < -0.39 is 28.3 Å². The first-order valence-corrected chi connectivity index (χ1v) is 15.0. The van der Waals surface area contributed by atoms with Crippen molar-refractivity contribution in [3.63, 3.8) is 0 Å². The number of Topliss-reactive ketones (excluding diaryl/α,β-unsaturated/α-hetero) is 1. The first kappa shape index (κ1) is 27.0. The van der Waals surface area contributed by atoms with Crippen LogP contribution in [-0.4, -0.2) is 47.2 Å². The molecule has 0 unspecified atom stereocenters. The molecule has 14 heteroatoms. The van der Waals surface area contributed by atoms with Crippen molar-refractivity contribution < 1.29 is 22.8 Å². The molecule has 0 radical (unpaired) electrons. The van der Waals surface area contributed by atoms with E-state index in [9.17, 15) is 22.8 Å². The third kappa shape index (κ3) is 7.71. The second kappa shape index (κ2) is 12.0. The number of H-pyrrole nitrogens is 1. The van der Waals surface area contributed by atoms with Crippen LogP contribution in [0.15, 0.2) is 46.0 Å². The van der Waals surface area contributed by atoms with Crippen LogP contribution in [0.4, 0.5) is 10.8 Å². The van der Waals surface area contributed by atoms with Gasteiger partial charge >= 0.3 is 0 Å². The van der Waals surface area contributed by atoms with E-state index in [0.29, 0.717) is 26.3 Å². The Morgan fingerprint density at radius 1 is 1.14 bits per heavy atom. The van der Waals surface area contributed by atoms with Gasteiger partial charge in [0.15, 0.2) is 16.1 Å². The summed E-state index contributed by atoms with van der Waals surface area (Å²) in [5.74, 6) is -1.18. The topological polar surface area (TPSA) is 163 Å². The van der Waals surface area contributed by atoms with Gasteiger partial charge in [0.1, 0.15) is 6.42 Å². The number of carbonyl (C=O) groups is 3. The van der Waals surface area contributed by atoms with E-state index in [4.69, 9.17) is 0 Å². The molecule has 3 aromatic rings. The van der Waals surface area contributed by atoms with Gasteiger partial charge in [-0.05, 0) is 36.7 Å². The molecule has 1 fully saturated rings. The van der Waals surface area contributed by atoms with Gasteiger partial charge in [-0.3, -0.25) is 14.4 Å². The fraction of sp³-hybridized carbons (Fsp3) is 0.348. The van der Waals surface area contributed by atoms with Gasteiger partial charge in [0.25, 0.3) is 0 Å². The number of amides is 2. The Balaban J connectivity index is 1.40. The molecule has 2 heterocycles. The third-order valence-corrected chi connectivity index (χ3v) is 8.40. The summed E-state index contributed by atoms with van der Waals surface area (Å²) < 4.78 is 26.1. The number of imidazole rings is 1. The van der Waals surface area contributed by atoms with E-state index in [1.54, 1.807) is 36.7 Å². The summed E-state index contributed by atoms with van der Waals surface area (Å²) in [4.78, 5) is 49.5.